The molecule has 0 N–H and O–H groups in total. The van der Waals surface area contributed by atoms with E-state index in [0.29, 0.717) is 17.7 Å². The number of rotatable bonds is 4. The van der Waals surface area contributed by atoms with Crippen molar-refractivity contribution in [3.8, 4) is 5.75 Å². The maximum atomic E-state index is 13.6. The molecule has 0 saturated carbocycles. The first-order chi connectivity index (χ1) is 17.0. The number of hydrogen-bond acceptors (Lipinski definition) is 3. The van der Waals surface area contributed by atoms with Crippen molar-refractivity contribution in [2.24, 2.45) is 0 Å². The molecule has 1 aliphatic heterocycles. The van der Waals surface area contributed by atoms with Gasteiger partial charge in [0.1, 0.15) is 5.75 Å². The predicted molar refractivity (Wildman–Crippen MR) is 140 cm³/mol. The van der Waals surface area contributed by atoms with E-state index in [4.69, 9.17) is 4.74 Å². The van der Waals surface area contributed by atoms with Crippen LogP contribution < -0.4 is 14.5 Å². The number of fused-ring (bicyclic) bond motifs is 2. The second kappa shape index (κ2) is 9.26. The maximum absolute atomic E-state index is 13.6. The minimum absolute atomic E-state index is 0.0257. The van der Waals surface area contributed by atoms with Gasteiger partial charge >= 0.3 is 0 Å². The summed E-state index contributed by atoms with van der Waals surface area (Å²) in [5.74, 6) is 0.620. The molecule has 5 nitrogen and oxygen atoms in total. The first-order valence-corrected chi connectivity index (χ1v) is 11.8. The molecule has 4 aromatic carbocycles. The largest absolute Gasteiger partial charge is 0.497 e. The average Bonchev–Trinajstić information content (AvgIpc) is 2.88. The van der Waals surface area contributed by atoms with E-state index in [-0.39, 0.29) is 23.9 Å². The standard InChI is InChI=1S/C30H28N2O3/c1-20-18-29(32(21(2)33)25-15-12-22-8-4-5-9-24(22)19-25)27-10-6-7-11-28(27)31(20)30(34)23-13-16-26(35-3)17-14-23/h4-17,19-20,29H,18H2,1-3H3/t20-,29+/m0/s1. The van der Waals surface area contributed by atoms with Crippen LogP contribution in [0.4, 0.5) is 11.4 Å². The molecule has 1 heterocycles. The van der Waals surface area contributed by atoms with Crippen LogP contribution in [0.2, 0.25) is 0 Å². The summed E-state index contributed by atoms with van der Waals surface area (Å²) in [5, 5.41) is 2.22. The van der Waals surface area contributed by atoms with E-state index in [0.717, 1.165) is 27.7 Å². The van der Waals surface area contributed by atoms with E-state index in [1.807, 2.05) is 59.2 Å². The zero-order valence-corrected chi connectivity index (χ0v) is 20.1. The van der Waals surface area contributed by atoms with Gasteiger partial charge in [-0.2, -0.15) is 0 Å². The Kier molecular flexibility index (Phi) is 6.00. The molecule has 2 atom stereocenters. The highest BCUT2D eigenvalue weighted by atomic mass is 16.5. The van der Waals surface area contributed by atoms with Crippen LogP contribution in [0.1, 0.15) is 42.2 Å². The fourth-order valence-electron chi connectivity index (χ4n) is 5.12. The van der Waals surface area contributed by atoms with Gasteiger partial charge in [-0.25, -0.2) is 0 Å². The third-order valence-electron chi connectivity index (χ3n) is 6.78. The number of amides is 2. The van der Waals surface area contributed by atoms with Gasteiger partial charge in [0, 0.05) is 29.9 Å². The van der Waals surface area contributed by atoms with Crippen molar-refractivity contribution < 1.29 is 14.3 Å². The van der Waals surface area contributed by atoms with Crippen molar-refractivity contribution in [1.82, 2.24) is 0 Å². The Bertz CT molecular complexity index is 1400. The average molecular weight is 465 g/mol. The van der Waals surface area contributed by atoms with Crippen LogP contribution in [0.3, 0.4) is 0 Å². The number of benzene rings is 4. The van der Waals surface area contributed by atoms with Gasteiger partial charge in [0.15, 0.2) is 0 Å². The number of hydrogen-bond donors (Lipinski definition) is 0. The third-order valence-corrected chi connectivity index (χ3v) is 6.78. The Balaban J connectivity index is 1.56. The predicted octanol–water partition coefficient (Wildman–Crippen LogP) is 6.38. The zero-order chi connectivity index (χ0) is 24.5. The monoisotopic (exact) mass is 464 g/mol. The molecule has 0 aromatic heterocycles. The van der Waals surface area contributed by atoms with Crippen molar-refractivity contribution in [2.75, 3.05) is 16.9 Å². The molecular weight excluding hydrogens is 436 g/mol. The summed E-state index contributed by atoms with van der Waals surface area (Å²) >= 11 is 0. The molecule has 1 aliphatic rings. The van der Waals surface area contributed by atoms with Gasteiger partial charge < -0.3 is 14.5 Å². The van der Waals surface area contributed by atoms with Crippen molar-refractivity contribution in [1.29, 1.82) is 0 Å². The highest BCUT2D eigenvalue weighted by Crippen LogP contribution is 2.43. The molecule has 0 unspecified atom stereocenters. The van der Waals surface area contributed by atoms with E-state index < -0.39 is 0 Å². The Morgan fingerprint density at radius 2 is 1.57 bits per heavy atom. The van der Waals surface area contributed by atoms with Gasteiger partial charge in [-0.05, 0) is 72.1 Å². The molecule has 35 heavy (non-hydrogen) atoms. The smallest absolute Gasteiger partial charge is 0.258 e. The summed E-state index contributed by atoms with van der Waals surface area (Å²) in [7, 11) is 1.61. The van der Waals surface area contributed by atoms with E-state index in [2.05, 4.69) is 24.3 Å². The minimum atomic E-state index is -0.181. The molecule has 2 amide bonds. The van der Waals surface area contributed by atoms with Crippen LogP contribution in [0, 0.1) is 0 Å². The number of nitrogens with zero attached hydrogens (tertiary/aromatic N) is 2. The van der Waals surface area contributed by atoms with E-state index >= 15 is 0 Å². The second-order valence-corrected chi connectivity index (χ2v) is 8.98. The number of carbonyl (C=O) groups excluding carboxylic acids is 2. The highest BCUT2D eigenvalue weighted by molar-refractivity contribution is 6.07. The molecule has 176 valence electrons. The van der Waals surface area contributed by atoms with Gasteiger partial charge in [-0.3, -0.25) is 9.59 Å². The number of methoxy groups -OCH3 is 1. The van der Waals surface area contributed by atoms with Crippen molar-refractivity contribution in [3.05, 3.63) is 102 Å². The van der Waals surface area contributed by atoms with Gasteiger partial charge in [0.25, 0.3) is 5.91 Å². The molecule has 4 aromatic rings. The van der Waals surface area contributed by atoms with Crippen molar-refractivity contribution in [3.63, 3.8) is 0 Å². The zero-order valence-electron chi connectivity index (χ0n) is 20.1. The summed E-state index contributed by atoms with van der Waals surface area (Å²) in [6.45, 7) is 3.65. The lowest BCUT2D eigenvalue weighted by atomic mass is 9.89. The van der Waals surface area contributed by atoms with E-state index in [9.17, 15) is 9.59 Å². The third kappa shape index (κ3) is 4.14. The summed E-state index contributed by atoms with van der Waals surface area (Å²) in [6, 6.07) is 29.1. The fraction of sp³-hybridized carbons (Fsp3) is 0.200. The fourth-order valence-corrected chi connectivity index (χ4v) is 5.12. The number of para-hydroxylation sites is 1. The lowest BCUT2D eigenvalue weighted by Gasteiger charge is -2.43. The minimum Gasteiger partial charge on any atom is -0.497 e. The highest BCUT2D eigenvalue weighted by Gasteiger charge is 2.38. The van der Waals surface area contributed by atoms with Crippen LogP contribution in [-0.4, -0.2) is 25.0 Å². The molecule has 0 spiro atoms. The Labute approximate surface area is 205 Å². The van der Waals surface area contributed by atoms with Crippen LogP contribution in [0.15, 0.2) is 91.0 Å². The molecule has 5 rings (SSSR count). The molecular formula is C30H28N2O3. The summed E-state index contributed by atoms with van der Waals surface area (Å²) in [5.41, 5.74) is 3.27. The van der Waals surface area contributed by atoms with Crippen LogP contribution in [0.5, 0.6) is 5.75 Å². The summed E-state index contributed by atoms with van der Waals surface area (Å²) < 4.78 is 5.24. The molecule has 5 heteroatoms. The molecule has 0 bridgehead atoms. The number of carbonyl (C=O) groups is 2. The van der Waals surface area contributed by atoms with Gasteiger partial charge in [-0.15, -0.1) is 0 Å². The Morgan fingerprint density at radius 3 is 2.29 bits per heavy atom. The molecule has 0 radical (unpaired) electrons. The lowest BCUT2D eigenvalue weighted by Crippen LogP contribution is -2.47. The summed E-state index contributed by atoms with van der Waals surface area (Å²) in [4.78, 5) is 30.4. The first-order valence-electron chi connectivity index (χ1n) is 11.8. The Hall–Kier alpha value is -4.12. The van der Waals surface area contributed by atoms with Gasteiger partial charge in [0.05, 0.1) is 13.2 Å². The maximum Gasteiger partial charge on any atom is 0.258 e. The van der Waals surface area contributed by atoms with Gasteiger partial charge in [-0.1, -0.05) is 48.5 Å². The summed E-state index contributed by atoms with van der Waals surface area (Å²) in [6.07, 6.45) is 0.630. The normalized spacial score (nSPS) is 17.1. The first kappa shape index (κ1) is 22.7. The molecule has 0 saturated heterocycles. The number of ether oxygens (including phenoxy) is 1. The SMILES string of the molecule is COc1ccc(C(=O)N2c3ccccc3[C@H](N(C(C)=O)c3ccc4ccccc4c3)C[C@@H]2C)cc1. The quantitative estimate of drug-likeness (QED) is 0.352. The van der Waals surface area contributed by atoms with Crippen LogP contribution >= 0.6 is 0 Å². The molecule has 0 fully saturated rings. The van der Waals surface area contributed by atoms with E-state index in [1.165, 1.54) is 0 Å². The number of anilines is 2. The second-order valence-electron chi connectivity index (χ2n) is 8.98. The van der Waals surface area contributed by atoms with E-state index in [1.54, 1.807) is 38.3 Å². The van der Waals surface area contributed by atoms with Crippen LogP contribution in [0.25, 0.3) is 10.8 Å². The van der Waals surface area contributed by atoms with Crippen LogP contribution in [-0.2, 0) is 4.79 Å². The van der Waals surface area contributed by atoms with Crippen molar-refractivity contribution >= 4 is 34.0 Å². The van der Waals surface area contributed by atoms with Crippen molar-refractivity contribution in [2.45, 2.75) is 32.4 Å². The molecule has 0 aliphatic carbocycles. The lowest BCUT2D eigenvalue weighted by molar-refractivity contribution is -0.117. The topological polar surface area (TPSA) is 49.9 Å². The Morgan fingerprint density at radius 1 is 0.886 bits per heavy atom. The van der Waals surface area contributed by atoms with Gasteiger partial charge in [0.2, 0.25) is 5.91 Å².